The van der Waals surface area contributed by atoms with Crippen LogP contribution in [0.25, 0.3) is 0 Å². The monoisotopic (exact) mass is 308 g/mol. The molecule has 5 heteroatoms. The Bertz CT molecular complexity index is 575. The van der Waals surface area contributed by atoms with Crippen LogP contribution in [-0.4, -0.2) is 21.5 Å². The van der Waals surface area contributed by atoms with E-state index in [1.165, 1.54) is 0 Å². The van der Waals surface area contributed by atoms with E-state index in [1.54, 1.807) is 10.9 Å². The van der Waals surface area contributed by atoms with Gasteiger partial charge in [0.15, 0.2) is 0 Å². The number of benzene rings is 1. The minimum atomic E-state index is -0.683. The van der Waals surface area contributed by atoms with Gasteiger partial charge in [-0.3, -0.25) is 4.68 Å². The topological polar surface area (TPSA) is 47.3 Å². The van der Waals surface area contributed by atoms with Crippen molar-refractivity contribution < 1.29 is 9.84 Å². The number of aromatic nitrogens is 2. The number of aryl methyl sites for hydroxylation is 1. The van der Waals surface area contributed by atoms with Gasteiger partial charge in [-0.2, -0.15) is 5.10 Å². The molecule has 0 saturated heterocycles. The van der Waals surface area contributed by atoms with Gasteiger partial charge in [0.1, 0.15) is 11.9 Å². The highest BCUT2D eigenvalue weighted by molar-refractivity contribution is 9.10. The molecule has 94 valence electrons. The Morgan fingerprint density at radius 3 is 3.06 bits per heavy atom. The van der Waals surface area contributed by atoms with E-state index < -0.39 is 6.10 Å². The van der Waals surface area contributed by atoms with Crippen molar-refractivity contribution in [1.29, 1.82) is 0 Å². The molecule has 1 atom stereocenters. The van der Waals surface area contributed by atoms with Crippen molar-refractivity contribution in [2.24, 2.45) is 7.05 Å². The first kappa shape index (κ1) is 11.7. The van der Waals surface area contributed by atoms with Crippen molar-refractivity contribution in [3.63, 3.8) is 0 Å². The summed E-state index contributed by atoms with van der Waals surface area (Å²) in [6, 6.07) is 5.83. The molecule has 18 heavy (non-hydrogen) atoms. The zero-order valence-corrected chi connectivity index (χ0v) is 11.5. The SMILES string of the molecule is Cn1ncc(Br)c1C(O)c1ccc2c(c1)CCO2. The number of fused-ring (bicyclic) bond motifs is 1. The Balaban J connectivity index is 2.00. The molecule has 0 amide bonds. The highest BCUT2D eigenvalue weighted by atomic mass is 79.9. The summed E-state index contributed by atoms with van der Waals surface area (Å²) in [5.41, 5.74) is 2.78. The normalized spacial score (nSPS) is 15.3. The average molecular weight is 309 g/mol. The van der Waals surface area contributed by atoms with Gasteiger partial charge in [-0.25, -0.2) is 0 Å². The molecule has 4 nitrogen and oxygen atoms in total. The fraction of sp³-hybridized carbons (Fsp3) is 0.308. The van der Waals surface area contributed by atoms with Crippen LogP contribution in [0.5, 0.6) is 5.75 Å². The summed E-state index contributed by atoms with van der Waals surface area (Å²) in [5.74, 6) is 0.926. The molecule has 0 saturated carbocycles. The van der Waals surface area contributed by atoms with Crippen molar-refractivity contribution >= 4 is 15.9 Å². The number of halogens is 1. The third-order valence-corrected chi connectivity index (χ3v) is 3.84. The first-order valence-corrected chi connectivity index (χ1v) is 6.57. The number of nitrogens with zero attached hydrogens (tertiary/aromatic N) is 2. The minimum absolute atomic E-state index is 0.683. The van der Waals surface area contributed by atoms with Gasteiger partial charge in [0, 0.05) is 13.5 Å². The minimum Gasteiger partial charge on any atom is -0.493 e. The molecule has 3 rings (SSSR count). The summed E-state index contributed by atoms with van der Waals surface area (Å²) in [6.45, 7) is 0.726. The lowest BCUT2D eigenvalue weighted by Crippen LogP contribution is -2.07. The number of hydrogen-bond donors (Lipinski definition) is 1. The Kier molecular flexibility index (Phi) is 2.87. The molecule has 0 fully saturated rings. The molecular formula is C13H13BrN2O2. The van der Waals surface area contributed by atoms with Crippen molar-refractivity contribution in [2.75, 3.05) is 6.61 Å². The predicted molar refractivity (Wildman–Crippen MR) is 70.6 cm³/mol. The lowest BCUT2D eigenvalue weighted by Gasteiger charge is -2.13. The van der Waals surface area contributed by atoms with Crippen LogP contribution in [0.4, 0.5) is 0 Å². The standard InChI is InChI=1S/C13H13BrN2O2/c1-16-12(10(14)7-15-16)13(17)9-2-3-11-8(6-9)4-5-18-11/h2-3,6-7,13,17H,4-5H2,1H3. The Morgan fingerprint density at radius 1 is 1.50 bits per heavy atom. The molecular weight excluding hydrogens is 296 g/mol. The van der Waals surface area contributed by atoms with Crippen LogP contribution in [0, 0.1) is 0 Å². The van der Waals surface area contributed by atoms with Gasteiger partial charge in [-0.15, -0.1) is 0 Å². The average Bonchev–Trinajstić information content (AvgIpc) is 2.94. The maximum Gasteiger partial charge on any atom is 0.122 e. The lowest BCUT2D eigenvalue weighted by molar-refractivity contribution is 0.209. The van der Waals surface area contributed by atoms with Gasteiger partial charge in [0.2, 0.25) is 0 Å². The summed E-state index contributed by atoms with van der Waals surface area (Å²) in [4.78, 5) is 0. The Labute approximate surface area is 113 Å². The van der Waals surface area contributed by atoms with Crippen LogP contribution in [0.3, 0.4) is 0 Å². The van der Waals surface area contributed by atoms with Gasteiger partial charge < -0.3 is 9.84 Å². The third kappa shape index (κ3) is 1.83. The molecule has 0 radical (unpaired) electrons. The molecule has 1 aliphatic heterocycles. The van der Waals surface area contributed by atoms with Gasteiger partial charge >= 0.3 is 0 Å². The Hall–Kier alpha value is -1.33. The molecule has 1 N–H and O–H groups in total. The summed E-state index contributed by atoms with van der Waals surface area (Å²) in [6.07, 6.45) is 1.91. The molecule has 2 heterocycles. The maximum atomic E-state index is 10.4. The fourth-order valence-electron chi connectivity index (χ4n) is 2.26. The quantitative estimate of drug-likeness (QED) is 0.925. The van der Waals surface area contributed by atoms with Crippen molar-refractivity contribution in [3.05, 3.63) is 45.7 Å². The molecule has 2 aromatic rings. The third-order valence-electron chi connectivity index (χ3n) is 3.23. The molecule has 0 spiro atoms. The predicted octanol–water partition coefficient (Wildman–Crippen LogP) is 2.20. The number of ether oxygens (including phenoxy) is 1. The highest BCUT2D eigenvalue weighted by Gasteiger charge is 2.20. The molecule has 0 bridgehead atoms. The second-order valence-corrected chi connectivity index (χ2v) is 5.22. The number of rotatable bonds is 2. The molecule has 1 aromatic heterocycles. The second kappa shape index (κ2) is 4.40. The largest absolute Gasteiger partial charge is 0.493 e. The van der Waals surface area contributed by atoms with E-state index in [4.69, 9.17) is 4.74 Å². The summed E-state index contributed by atoms with van der Waals surface area (Å²) < 4.78 is 7.96. The fourth-order valence-corrected chi connectivity index (χ4v) is 2.83. The molecule has 1 aromatic carbocycles. The van der Waals surface area contributed by atoms with Crippen molar-refractivity contribution in [3.8, 4) is 5.75 Å². The van der Waals surface area contributed by atoms with Crippen LogP contribution >= 0.6 is 15.9 Å². The molecule has 1 aliphatic rings. The van der Waals surface area contributed by atoms with Crippen LogP contribution < -0.4 is 4.74 Å². The van der Waals surface area contributed by atoms with Gasteiger partial charge in [-0.05, 0) is 39.2 Å². The van der Waals surface area contributed by atoms with E-state index >= 15 is 0 Å². The summed E-state index contributed by atoms with van der Waals surface area (Å²) >= 11 is 3.41. The van der Waals surface area contributed by atoms with Crippen LogP contribution in [0.2, 0.25) is 0 Å². The van der Waals surface area contributed by atoms with E-state index in [0.717, 1.165) is 40.1 Å². The first-order valence-electron chi connectivity index (χ1n) is 5.78. The lowest BCUT2D eigenvalue weighted by atomic mass is 10.0. The van der Waals surface area contributed by atoms with Crippen molar-refractivity contribution in [2.45, 2.75) is 12.5 Å². The second-order valence-electron chi connectivity index (χ2n) is 4.37. The van der Waals surface area contributed by atoms with Crippen LogP contribution in [-0.2, 0) is 13.5 Å². The Morgan fingerprint density at radius 2 is 2.33 bits per heavy atom. The van der Waals surface area contributed by atoms with E-state index in [9.17, 15) is 5.11 Å². The van der Waals surface area contributed by atoms with E-state index in [-0.39, 0.29) is 0 Å². The summed E-state index contributed by atoms with van der Waals surface area (Å²) in [5, 5.41) is 14.6. The number of hydrogen-bond acceptors (Lipinski definition) is 3. The molecule has 1 unspecified atom stereocenters. The number of aliphatic hydroxyl groups is 1. The number of aliphatic hydroxyl groups excluding tert-OH is 1. The van der Waals surface area contributed by atoms with Crippen LogP contribution in [0.15, 0.2) is 28.9 Å². The highest BCUT2D eigenvalue weighted by Crippen LogP contribution is 2.32. The molecule has 0 aliphatic carbocycles. The van der Waals surface area contributed by atoms with Gasteiger partial charge in [0.25, 0.3) is 0 Å². The maximum absolute atomic E-state index is 10.4. The van der Waals surface area contributed by atoms with Crippen LogP contribution in [0.1, 0.15) is 22.9 Å². The smallest absolute Gasteiger partial charge is 0.122 e. The zero-order valence-electron chi connectivity index (χ0n) is 9.93. The van der Waals surface area contributed by atoms with Gasteiger partial charge in [-0.1, -0.05) is 6.07 Å². The first-order chi connectivity index (χ1) is 8.66. The summed E-state index contributed by atoms with van der Waals surface area (Å²) in [7, 11) is 1.82. The van der Waals surface area contributed by atoms with E-state index in [2.05, 4.69) is 21.0 Å². The van der Waals surface area contributed by atoms with Crippen molar-refractivity contribution in [1.82, 2.24) is 9.78 Å². The van der Waals surface area contributed by atoms with E-state index in [1.807, 2.05) is 25.2 Å². The van der Waals surface area contributed by atoms with Gasteiger partial charge in [0.05, 0.1) is 23.0 Å². The zero-order chi connectivity index (χ0) is 12.7. The van der Waals surface area contributed by atoms with E-state index in [0.29, 0.717) is 0 Å².